The van der Waals surface area contributed by atoms with E-state index in [9.17, 15) is 4.79 Å². The summed E-state index contributed by atoms with van der Waals surface area (Å²) in [6.07, 6.45) is 13.1. The Labute approximate surface area is 178 Å². The molecular weight excluding hydrogens is 380 g/mol. The molecule has 2 aliphatic rings. The first-order chi connectivity index (χ1) is 14.6. The number of nitrogens with zero attached hydrogens (tertiary/aromatic N) is 4. The number of imidazole rings is 1. The number of carbonyl (C=O) groups is 1. The number of carbonyl (C=O) groups excluding carboxylic acids is 1. The Hall–Kier alpha value is -2.25. The van der Waals surface area contributed by atoms with Crippen molar-refractivity contribution in [2.75, 3.05) is 20.2 Å². The SMILES string of the molecule is COC(=O)c1ccnc(-c2ncc(CN3CCC(OC4CCCCC4)CC3)n2C)c1. The first kappa shape index (κ1) is 21.0. The van der Waals surface area contributed by atoms with Crippen LogP contribution in [-0.2, 0) is 23.1 Å². The van der Waals surface area contributed by atoms with Gasteiger partial charge in [0.2, 0.25) is 0 Å². The van der Waals surface area contributed by atoms with Gasteiger partial charge in [0.25, 0.3) is 0 Å². The van der Waals surface area contributed by atoms with Gasteiger partial charge in [-0.1, -0.05) is 19.3 Å². The summed E-state index contributed by atoms with van der Waals surface area (Å²) in [5.41, 5.74) is 2.29. The largest absolute Gasteiger partial charge is 0.465 e. The third-order valence-electron chi connectivity index (χ3n) is 6.35. The van der Waals surface area contributed by atoms with Crippen LogP contribution in [0.1, 0.15) is 61.0 Å². The summed E-state index contributed by atoms with van der Waals surface area (Å²) in [6, 6.07) is 3.38. The molecule has 1 aliphatic carbocycles. The van der Waals surface area contributed by atoms with Crippen molar-refractivity contribution < 1.29 is 14.3 Å². The predicted molar refractivity (Wildman–Crippen MR) is 114 cm³/mol. The van der Waals surface area contributed by atoms with E-state index >= 15 is 0 Å². The molecule has 0 unspecified atom stereocenters. The monoisotopic (exact) mass is 412 g/mol. The van der Waals surface area contributed by atoms with Crippen molar-refractivity contribution in [3.63, 3.8) is 0 Å². The van der Waals surface area contributed by atoms with E-state index in [2.05, 4.69) is 19.4 Å². The van der Waals surface area contributed by atoms with Gasteiger partial charge in [-0.15, -0.1) is 0 Å². The minimum atomic E-state index is -0.369. The molecule has 2 aromatic rings. The molecule has 0 N–H and O–H groups in total. The fraction of sp³-hybridized carbons (Fsp3) is 0.609. The normalized spacial score (nSPS) is 19.1. The molecule has 162 valence electrons. The first-order valence-corrected chi connectivity index (χ1v) is 11.1. The van der Waals surface area contributed by atoms with Gasteiger partial charge in [-0.05, 0) is 37.8 Å². The molecule has 1 saturated heterocycles. The molecule has 0 atom stereocenters. The van der Waals surface area contributed by atoms with Crippen molar-refractivity contribution in [2.45, 2.75) is 63.7 Å². The van der Waals surface area contributed by atoms with Gasteiger partial charge in [0.05, 0.1) is 36.8 Å². The average Bonchev–Trinajstić information content (AvgIpc) is 3.15. The molecule has 2 aromatic heterocycles. The summed E-state index contributed by atoms with van der Waals surface area (Å²) in [6.45, 7) is 2.96. The van der Waals surface area contributed by atoms with E-state index < -0.39 is 0 Å². The zero-order valence-corrected chi connectivity index (χ0v) is 18.0. The molecular formula is C23H32N4O3. The molecule has 0 radical (unpaired) electrons. The highest BCUT2D eigenvalue weighted by atomic mass is 16.5. The maximum Gasteiger partial charge on any atom is 0.337 e. The lowest BCUT2D eigenvalue weighted by Crippen LogP contribution is -2.38. The van der Waals surface area contributed by atoms with Crippen molar-refractivity contribution in [2.24, 2.45) is 7.05 Å². The molecule has 1 aliphatic heterocycles. The van der Waals surface area contributed by atoms with Crippen LogP contribution >= 0.6 is 0 Å². The van der Waals surface area contributed by atoms with Crippen molar-refractivity contribution in [3.8, 4) is 11.5 Å². The predicted octanol–water partition coefficient (Wildman–Crippen LogP) is 3.58. The number of likely N-dealkylation sites (tertiary alicyclic amines) is 1. The number of methoxy groups -OCH3 is 1. The Morgan fingerprint density at radius 1 is 1.10 bits per heavy atom. The molecule has 4 rings (SSSR count). The molecule has 7 nitrogen and oxygen atoms in total. The Balaban J connectivity index is 1.34. The number of rotatable bonds is 6. The van der Waals surface area contributed by atoms with E-state index in [0.29, 0.717) is 23.5 Å². The summed E-state index contributed by atoms with van der Waals surface area (Å²) in [5, 5.41) is 0. The fourth-order valence-corrected chi connectivity index (χ4v) is 4.53. The number of hydrogen-bond acceptors (Lipinski definition) is 6. The molecule has 7 heteroatoms. The van der Waals surface area contributed by atoms with E-state index in [1.807, 2.05) is 13.2 Å². The molecule has 0 bridgehead atoms. The van der Waals surface area contributed by atoms with Crippen LogP contribution in [0.4, 0.5) is 0 Å². The Morgan fingerprint density at radius 3 is 2.57 bits per heavy atom. The number of piperidine rings is 1. The van der Waals surface area contributed by atoms with Crippen LogP contribution in [0.2, 0.25) is 0 Å². The maximum atomic E-state index is 11.8. The van der Waals surface area contributed by atoms with E-state index in [4.69, 9.17) is 9.47 Å². The summed E-state index contributed by atoms with van der Waals surface area (Å²) >= 11 is 0. The lowest BCUT2D eigenvalue weighted by atomic mass is 9.97. The second-order valence-electron chi connectivity index (χ2n) is 8.43. The highest BCUT2D eigenvalue weighted by Gasteiger charge is 2.24. The second kappa shape index (κ2) is 9.71. The van der Waals surface area contributed by atoms with Crippen LogP contribution in [0, 0.1) is 0 Å². The molecule has 30 heavy (non-hydrogen) atoms. The molecule has 0 aromatic carbocycles. The summed E-state index contributed by atoms with van der Waals surface area (Å²) in [5.74, 6) is 0.387. The summed E-state index contributed by atoms with van der Waals surface area (Å²) in [7, 11) is 3.38. The topological polar surface area (TPSA) is 69.5 Å². The van der Waals surface area contributed by atoms with Gasteiger partial charge in [0.15, 0.2) is 5.82 Å². The smallest absolute Gasteiger partial charge is 0.337 e. The van der Waals surface area contributed by atoms with Gasteiger partial charge < -0.3 is 14.0 Å². The number of pyridine rings is 1. The minimum absolute atomic E-state index is 0.369. The van der Waals surface area contributed by atoms with E-state index in [1.165, 1.54) is 39.2 Å². The van der Waals surface area contributed by atoms with Gasteiger partial charge in [0, 0.05) is 32.9 Å². The minimum Gasteiger partial charge on any atom is -0.465 e. The highest BCUT2D eigenvalue weighted by Crippen LogP contribution is 2.25. The number of ether oxygens (including phenoxy) is 2. The third kappa shape index (κ3) is 4.90. The van der Waals surface area contributed by atoms with E-state index in [1.54, 1.807) is 18.3 Å². The Kier molecular flexibility index (Phi) is 6.79. The summed E-state index contributed by atoms with van der Waals surface area (Å²) < 4.78 is 13.2. The molecule has 1 saturated carbocycles. The van der Waals surface area contributed by atoms with Crippen LogP contribution in [0.25, 0.3) is 11.5 Å². The van der Waals surface area contributed by atoms with Gasteiger partial charge in [-0.3, -0.25) is 9.88 Å². The third-order valence-corrected chi connectivity index (χ3v) is 6.35. The first-order valence-electron chi connectivity index (χ1n) is 11.1. The van der Waals surface area contributed by atoms with Gasteiger partial charge >= 0.3 is 5.97 Å². The number of aromatic nitrogens is 3. The Morgan fingerprint density at radius 2 is 1.83 bits per heavy atom. The lowest BCUT2D eigenvalue weighted by molar-refractivity contribution is -0.0567. The van der Waals surface area contributed by atoms with Crippen molar-refractivity contribution in [3.05, 3.63) is 35.8 Å². The zero-order valence-electron chi connectivity index (χ0n) is 18.0. The van der Waals surface area contributed by atoms with Crippen LogP contribution in [0.3, 0.4) is 0 Å². The van der Waals surface area contributed by atoms with Gasteiger partial charge in [-0.25, -0.2) is 9.78 Å². The van der Waals surface area contributed by atoms with Crippen LogP contribution in [0.5, 0.6) is 0 Å². The van der Waals surface area contributed by atoms with Gasteiger partial charge in [-0.2, -0.15) is 0 Å². The van der Waals surface area contributed by atoms with Crippen molar-refractivity contribution in [1.29, 1.82) is 0 Å². The Bertz CT molecular complexity index is 852. The van der Waals surface area contributed by atoms with Crippen LogP contribution < -0.4 is 0 Å². The van der Waals surface area contributed by atoms with E-state index in [-0.39, 0.29) is 5.97 Å². The number of hydrogen-bond donors (Lipinski definition) is 0. The standard InChI is InChI=1S/C23H32N4O3/c1-26-18(15-25-22(26)21-14-17(8-11-24-21)23(28)29-2)16-27-12-9-20(10-13-27)30-19-6-4-3-5-7-19/h8,11,14-15,19-20H,3-7,9-10,12-13,16H2,1-2H3. The van der Waals surface area contributed by atoms with Crippen LogP contribution in [0.15, 0.2) is 24.5 Å². The van der Waals surface area contributed by atoms with Crippen molar-refractivity contribution in [1.82, 2.24) is 19.4 Å². The quantitative estimate of drug-likeness (QED) is 0.676. The lowest BCUT2D eigenvalue weighted by Gasteiger charge is -2.34. The second-order valence-corrected chi connectivity index (χ2v) is 8.43. The number of esters is 1. The van der Waals surface area contributed by atoms with Crippen LogP contribution in [-0.4, -0.2) is 57.8 Å². The summed E-state index contributed by atoms with van der Waals surface area (Å²) in [4.78, 5) is 23.2. The zero-order chi connectivity index (χ0) is 20.9. The van der Waals surface area contributed by atoms with Crippen molar-refractivity contribution >= 4 is 5.97 Å². The van der Waals surface area contributed by atoms with Gasteiger partial charge in [0.1, 0.15) is 5.69 Å². The molecule has 0 spiro atoms. The molecule has 0 amide bonds. The molecule has 2 fully saturated rings. The average molecular weight is 413 g/mol. The fourth-order valence-electron chi connectivity index (χ4n) is 4.53. The highest BCUT2D eigenvalue weighted by molar-refractivity contribution is 5.90. The molecule has 3 heterocycles. The maximum absolute atomic E-state index is 11.8. The van der Waals surface area contributed by atoms with E-state index in [0.717, 1.165) is 44.0 Å².